The monoisotopic (exact) mass is 313 g/mol. The predicted octanol–water partition coefficient (Wildman–Crippen LogP) is 3.87. The molecular weight excluding hydrogens is 290 g/mol. The molecule has 0 radical (unpaired) electrons. The number of fused-ring (bicyclic) bond motifs is 2. The molecule has 1 aliphatic carbocycles. The Kier molecular flexibility index (Phi) is 3.97. The van der Waals surface area contributed by atoms with Gasteiger partial charge in [0.2, 0.25) is 5.91 Å². The van der Waals surface area contributed by atoms with E-state index in [4.69, 9.17) is 0 Å². The molecule has 0 N–H and O–H groups in total. The van der Waals surface area contributed by atoms with Crippen LogP contribution in [-0.4, -0.2) is 27.7 Å². The highest BCUT2D eigenvalue weighted by Crippen LogP contribution is 2.40. The maximum Gasteiger partial charge on any atom is 0.226 e. The van der Waals surface area contributed by atoms with Crippen molar-refractivity contribution in [2.45, 2.75) is 81.1 Å². The molecule has 2 heterocycles. The maximum atomic E-state index is 12.8. The molecule has 3 heteroatoms. The lowest BCUT2D eigenvalue weighted by Gasteiger charge is -2.39. The Morgan fingerprint density at radius 3 is 2.00 bits per heavy atom. The zero-order chi connectivity index (χ0) is 12.5. The summed E-state index contributed by atoms with van der Waals surface area (Å²) in [6, 6.07) is 1.09. The van der Waals surface area contributed by atoms with Gasteiger partial charge in [0.15, 0.2) is 0 Å². The van der Waals surface area contributed by atoms with Gasteiger partial charge in [0, 0.05) is 22.8 Å². The van der Waals surface area contributed by atoms with Crippen LogP contribution in [0.1, 0.15) is 64.2 Å². The Hall–Kier alpha value is -0.0500. The molecular formula is C15H24BrNO. The van der Waals surface area contributed by atoms with E-state index in [1.54, 1.807) is 0 Å². The number of hydrogen-bond donors (Lipinski definition) is 0. The maximum absolute atomic E-state index is 12.8. The lowest BCUT2D eigenvalue weighted by atomic mass is 9.95. The third-order valence-corrected chi connectivity index (χ3v) is 5.88. The van der Waals surface area contributed by atoms with Crippen molar-refractivity contribution >= 4 is 21.8 Å². The number of carbonyl (C=O) groups is 1. The van der Waals surface area contributed by atoms with E-state index in [1.807, 2.05) is 0 Å². The van der Waals surface area contributed by atoms with Gasteiger partial charge in [-0.3, -0.25) is 4.79 Å². The molecule has 2 bridgehead atoms. The van der Waals surface area contributed by atoms with Crippen molar-refractivity contribution in [3.63, 3.8) is 0 Å². The Morgan fingerprint density at radius 1 is 0.889 bits per heavy atom. The Labute approximate surface area is 119 Å². The van der Waals surface area contributed by atoms with Gasteiger partial charge in [0.1, 0.15) is 0 Å². The molecule has 1 saturated carbocycles. The summed E-state index contributed by atoms with van der Waals surface area (Å²) in [6.07, 6.45) is 12.3. The van der Waals surface area contributed by atoms with E-state index < -0.39 is 0 Å². The Bertz CT molecular complexity index is 298. The molecule has 2 aliphatic heterocycles. The molecule has 2 atom stereocenters. The summed E-state index contributed by atoms with van der Waals surface area (Å²) in [5, 5.41) is 0. The number of halogens is 1. The van der Waals surface area contributed by atoms with Crippen LogP contribution >= 0.6 is 15.9 Å². The second kappa shape index (κ2) is 5.52. The molecule has 102 valence electrons. The fourth-order valence-corrected chi connectivity index (χ4v) is 5.07. The van der Waals surface area contributed by atoms with Gasteiger partial charge in [-0.25, -0.2) is 0 Å². The van der Waals surface area contributed by atoms with Crippen molar-refractivity contribution in [1.82, 2.24) is 4.90 Å². The van der Waals surface area contributed by atoms with Crippen LogP contribution in [0.4, 0.5) is 0 Å². The standard InChI is InChI=1S/C15H24BrNO/c16-12-9-13-7-8-14(10-12)17(13)15(18)11-5-3-1-2-4-6-11/h11-14H,1-10H2. The van der Waals surface area contributed by atoms with Crippen molar-refractivity contribution in [2.24, 2.45) is 5.92 Å². The van der Waals surface area contributed by atoms with E-state index in [0.717, 1.165) is 12.8 Å². The highest BCUT2D eigenvalue weighted by molar-refractivity contribution is 9.09. The van der Waals surface area contributed by atoms with Crippen molar-refractivity contribution in [1.29, 1.82) is 0 Å². The molecule has 3 fully saturated rings. The first kappa shape index (κ1) is 13.0. The number of hydrogen-bond acceptors (Lipinski definition) is 1. The highest BCUT2D eigenvalue weighted by atomic mass is 79.9. The van der Waals surface area contributed by atoms with Crippen LogP contribution in [0.5, 0.6) is 0 Å². The first-order chi connectivity index (χ1) is 8.75. The van der Waals surface area contributed by atoms with Gasteiger partial charge in [-0.15, -0.1) is 0 Å². The van der Waals surface area contributed by atoms with E-state index in [-0.39, 0.29) is 0 Å². The molecule has 18 heavy (non-hydrogen) atoms. The van der Waals surface area contributed by atoms with Crippen molar-refractivity contribution in [2.75, 3.05) is 0 Å². The fraction of sp³-hybridized carbons (Fsp3) is 0.933. The number of alkyl halides is 1. The average Bonchev–Trinajstić information content (AvgIpc) is 2.59. The predicted molar refractivity (Wildman–Crippen MR) is 76.8 cm³/mol. The quantitative estimate of drug-likeness (QED) is 0.531. The van der Waals surface area contributed by atoms with Gasteiger partial charge in [-0.2, -0.15) is 0 Å². The van der Waals surface area contributed by atoms with E-state index in [9.17, 15) is 4.79 Å². The lowest BCUT2D eigenvalue weighted by molar-refractivity contribution is -0.140. The molecule has 3 rings (SSSR count). The number of rotatable bonds is 1. The second-order valence-corrected chi connectivity index (χ2v) is 7.68. The van der Waals surface area contributed by atoms with E-state index >= 15 is 0 Å². The molecule has 0 aromatic carbocycles. The molecule has 3 aliphatic rings. The SMILES string of the molecule is O=C(C1CCCCCC1)N1C2CCC1CC(Br)C2. The number of nitrogens with zero attached hydrogens (tertiary/aromatic N) is 1. The summed E-state index contributed by atoms with van der Waals surface area (Å²) < 4.78 is 0. The minimum absolute atomic E-state index is 0.350. The number of piperidine rings is 1. The summed E-state index contributed by atoms with van der Waals surface area (Å²) >= 11 is 3.76. The van der Waals surface area contributed by atoms with Crippen LogP contribution in [0.3, 0.4) is 0 Å². The zero-order valence-electron chi connectivity index (χ0n) is 11.1. The normalized spacial score (nSPS) is 37.6. The fourth-order valence-electron chi connectivity index (χ4n) is 4.21. The van der Waals surface area contributed by atoms with Gasteiger partial charge in [-0.1, -0.05) is 41.6 Å². The molecule has 1 amide bonds. The summed E-state index contributed by atoms with van der Waals surface area (Å²) in [6.45, 7) is 0. The van der Waals surface area contributed by atoms with E-state index in [2.05, 4.69) is 20.8 Å². The minimum atomic E-state index is 0.350. The summed E-state index contributed by atoms with van der Waals surface area (Å²) in [5.74, 6) is 0.853. The third kappa shape index (κ3) is 2.48. The van der Waals surface area contributed by atoms with Crippen LogP contribution in [0.15, 0.2) is 0 Å². The first-order valence-electron chi connectivity index (χ1n) is 7.72. The summed E-state index contributed by atoms with van der Waals surface area (Å²) in [4.78, 5) is 15.7. The average molecular weight is 314 g/mol. The Balaban J connectivity index is 1.68. The van der Waals surface area contributed by atoms with Crippen molar-refractivity contribution < 1.29 is 4.79 Å². The van der Waals surface area contributed by atoms with Crippen molar-refractivity contribution in [3.05, 3.63) is 0 Å². The molecule has 0 aromatic heterocycles. The zero-order valence-corrected chi connectivity index (χ0v) is 12.7. The molecule has 0 aromatic rings. The first-order valence-corrected chi connectivity index (χ1v) is 8.63. The van der Waals surface area contributed by atoms with Crippen LogP contribution in [0, 0.1) is 5.92 Å². The number of amides is 1. The van der Waals surface area contributed by atoms with Crippen molar-refractivity contribution in [3.8, 4) is 0 Å². The molecule has 2 unspecified atom stereocenters. The van der Waals surface area contributed by atoms with Gasteiger partial charge in [-0.05, 0) is 38.5 Å². The molecule has 2 nitrogen and oxygen atoms in total. The molecule has 0 spiro atoms. The lowest BCUT2D eigenvalue weighted by Crippen LogP contribution is -2.49. The van der Waals surface area contributed by atoms with Gasteiger partial charge < -0.3 is 4.90 Å². The third-order valence-electron chi connectivity index (χ3n) is 5.13. The van der Waals surface area contributed by atoms with Gasteiger partial charge >= 0.3 is 0 Å². The molecule has 2 saturated heterocycles. The van der Waals surface area contributed by atoms with Gasteiger partial charge in [0.25, 0.3) is 0 Å². The van der Waals surface area contributed by atoms with Crippen LogP contribution in [0.25, 0.3) is 0 Å². The highest BCUT2D eigenvalue weighted by Gasteiger charge is 2.43. The summed E-state index contributed by atoms with van der Waals surface area (Å²) in [5.41, 5.74) is 0. The van der Waals surface area contributed by atoms with Crippen LogP contribution < -0.4 is 0 Å². The van der Waals surface area contributed by atoms with Crippen LogP contribution in [0.2, 0.25) is 0 Å². The summed E-state index contributed by atoms with van der Waals surface area (Å²) in [7, 11) is 0. The largest absolute Gasteiger partial charge is 0.336 e. The van der Waals surface area contributed by atoms with Crippen LogP contribution in [-0.2, 0) is 4.79 Å². The topological polar surface area (TPSA) is 20.3 Å². The smallest absolute Gasteiger partial charge is 0.226 e. The Morgan fingerprint density at radius 2 is 1.44 bits per heavy atom. The van der Waals surface area contributed by atoms with E-state index in [1.165, 1.54) is 51.4 Å². The minimum Gasteiger partial charge on any atom is -0.336 e. The van der Waals surface area contributed by atoms with E-state index in [0.29, 0.717) is 28.7 Å². The number of carbonyl (C=O) groups excluding carboxylic acids is 1. The second-order valence-electron chi connectivity index (χ2n) is 6.39. The van der Waals surface area contributed by atoms with Gasteiger partial charge in [0.05, 0.1) is 0 Å².